The summed E-state index contributed by atoms with van der Waals surface area (Å²) in [5.74, 6) is -3.17. The molecule has 3 amide bonds. The highest BCUT2D eigenvalue weighted by atomic mass is 19.4. The third kappa shape index (κ3) is 3.96. The van der Waals surface area contributed by atoms with E-state index >= 15 is 0 Å². The topological polar surface area (TPSA) is 92.8 Å². The van der Waals surface area contributed by atoms with Gasteiger partial charge in [-0.25, -0.2) is 9.69 Å². The van der Waals surface area contributed by atoms with Crippen LogP contribution < -0.4 is 10.2 Å². The van der Waals surface area contributed by atoms with Gasteiger partial charge in [-0.05, 0) is 55.5 Å². The van der Waals surface area contributed by atoms with E-state index in [1.165, 1.54) is 36.4 Å². The average molecular weight is 498 g/mol. The number of benzene rings is 2. The fraction of sp³-hybridized carbons (Fsp3) is 0.308. The molecule has 3 aliphatic rings. The van der Waals surface area contributed by atoms with Crippen molar-refractivity contribution in [1.82, 2.24) is 0 Å². The van der Waals surface area contributed by atoms with Crippen LogP contribution in [0.1, 0.15) is 29.3 Å². The molecule has 0 aromatic heterocycles. The maximum Gasteiger partial charge on any atom is 0.418 e. The number of nitrogens with zero attached hydrogens (tertiary/aromatic N) is 1. The van der Waals surface area contributed by atoms with Crippen LogP contribution in [0.25, 0.3) is 0 Å². The number of anilines is 2. The van der Waals surface area contributed by atoms with Gasteiger partial charge in [0.25, 0.3) is 5.91 Å². The van der Waals surface area contributed by atoms with Crippen LogP contribution in [-0.2, 0) is 25.3 Å². The lowest BCUT2D eigenvalue weighted by Gasteiger charge is -2.19. The van der Waals surface area contributed by atoms with Crippen LogP contribution in [-0.4, -0.2) is 30.3 Å². The van der Waals surface area contributed by atoms with Gasteiger partial charge in [-0.15, -0.1) is 0 Å². The van der Waals surface area contributed by atoms with Crippen LogP contribution in [0, 0.1) is 23.7 Å². The van der Waals surface area contributed by atoms with Gasteiger partial charge in [-0.1, -0.05) is 29.8 Å². The number of amides is 3. The second-order valence-corrected chi connectivity index (χ2v) is 9.20. The van der Waals surface area contributed by atoms with Gasteiger partial charge in [0.15, 0.2) is 6.61 Å². The van der Waals surface area contributed by atoms with E-state index in [1.807, 2.05) is 6.92 Å². The SMILES string of the molecule is CC1=C[C@H]2C[C@H]1[C@@H]1C(=O)N(c3cccc(C(=O)OCC(=O)Nc4ccccc4C(F)(F)F)c3)C(=O)[C@@H]12. The number of esters is 1. The van der Waals surface area contributed by atoms with E-state index in [9.17, 15) is 32.3 Å². The van der Waals surface area contributed by atoms with Crippen LogP contribution in [0.5, 0.6) is 0 Å². The Labute approximate surface area is 203 Å². The number of ether oxygens (including phenoxy) is 1. The van der Waals surface area contributed by atoms with E-state index in [2.05, 4.69) is 11.4 Å². The summed E-state index contributed by atoms with van der Waals surface area (Å²) >= 11 is 0. The van der Waals surface area contributed by atoms with Gasteiger partial charge in [0, 0.05) is 0 Å². The number of hydrogen-bond acceptors (Lipinski definition) is 5. The molecule has 36 heavy (non-hydrogen) atoms. The lowest BCUT2D eigenvalue weighted by Crippen LogP contribution is -2.33. The van der Waals surface area contributed by atoms with Gasteiger partial charge in [-0.2, -0.15) is 13.2 Å². The minimum Gasteiger partial charge on any atom is -0.452 e. The van der Waals surface area contributed by atoms with Gasteiger partial charge in [0.2, 0.25) is 11.8 Å². The van der Waals surface area contributed by atoms with E-state index in [4.69, 9.17) is 4.74 Å². The van der Waals surface area contributed by atoms with E-state index < -0.39 is 47.7 Å². The van der Waals surface area contributed by atoms with E-state index in [1.54, 1.807) is 0 Å². The van der Waals surface area contributed by atoms with Crippen LogP contribution >= 0.6 is 0 Å². The molecule has 5 rings (SSSR count). The zero-order valence-corrected chi connectivity index (χ0v) is 19.0. The predicted octanol–water partition coefficient (Wildman–Crippen LogP) is 4.20. The van der Waals surface area contributed by atoms with Crippen molar-refractivity contribution in [1.29, 1.82) is 0 Å². The number of rotatable bonds is 5. The van der Waals surface area contributed by atoms with Crippen molar-refractivity contribution in [2.45, 2.75) is 19.5 Å². The molecular weight excluding hydrogens is 477 g/mol. The Hall–Kier alpha value is -3.95. The molecule has 186 valence electrons. The number of imide groups is 1. The van der Waals surface area contributed by atoms with Gasteiger partial charge >= 0.3 is 12.1 Å². The van der Waals surface area contributed by atoms with E-state index in [-0.39, 0.29) is 34.9 Å². The Kier molecular flexibility index (Phi) is 5.69. The first-order chi connectivity index (χ1) is 17.1. The number of para-hydroxylation sites is 1. The number of carbonyl (C=O) groups excluding carboxylic acids is 4. The summed E-state index contributed by atoms with van der Waals surface area (Å²) in [5, 5.41) is 2.09. The number of fused-ring (bicyclic) bond motifs is 5. The minimum atomic E-state index is -4.67. The summed E-state index contributed by atoms with van der Waals surface area (Å²) in [4.78, 5) is 52.0. The highest BCUT2D eigenvalue weighted by molar-refractivity contribution is 6.23. The van der Waals surface area contributed by atoms with Crippen LogP contribution in [0.3, 0.4) is 0 Å². The summed E-state index contributed by atoms with van der Waals surface area (Å²) in [6, 6.07) is 10.2. The first-order valence-corrected chi connectivity index (χ1v) is 11.4. The molecule has 10 heteroatoms. The van der Waals surface area contributed by atoms with Crippen molar-refractivity contribution >= 4 is 35.1 Å². The summed E-state index contributed by atoms with van der Waals surface area (Å²) < 4.78 is 44.3. The van der Waals surface area contributed by atoms with Crippen molar-refractivity contribution in [2.24, 2.45) is 23.7 Å². The second-order valence-electron chi connectivity index (χ2n) is 9.20. The Morgan fingerprint density at radius 1 is 1.06 bits per heavy atom. The Morgan fingerprint density at radius 3 is 2.53 bits per heavy atom. The molecule has 7 nitrogen and oxygen atoms in total. The lowest BCUT2D eigenvalue weighted by atomic mass is 9.82. The maximum atomic E-state index is 13.1. The maximum absolute atomic E-state index is 13.1. The summed E-state index contributed by atoms with van der Waals surface area (Å²) in [6.45, 7) is 1.14. The molecule has 2 aromatic rings. The first-order valence-electron chi connectivity index (χ1n) is 11.4. The third-order valence-electron chi connectivity index (χ3n) is 7.06. The van der Waals surface area contributed by atoms with Crippen molar-refractivity contribution in [3.63, 3.8) is 0 Å². The number of nitrogens with one attached hydrogen (secondary N) is 1. The van der Waals surface area contributed by atoms with Crippen molar-refractivity contribution < 1.29 is 37.1 Å². The molecule has 4 atom stereocenters. The molecule has 1 saturated heterocycles. The molecule has 0 radical (unpaired) electrons. The van der Waals surface area contributed by atoms with E-state index in [0.717, 1.165) is 29.0 Å². The smallest absolute Gasteiger partial charge is 0.418 e. The normalized spacial score (nSPS) is 24.6. The number of alkyl halides is 3. The fourth-order valence-electron chi connectivity index (χ4n) is 5.54. The van der Waals surface area contributed by atoms with E-state index in [0.29, 0.717) is 0 Å². The summed E-state index contributed by atoms with van der Waals surface area (Å²) in [7, 11) is 0. The molecule has 1 aliphatic heterocycles. The lowest BCUT2D eigenvalue weighted by molar-refractivity contribution is -0.137. The molecule has 1 saturated carbocycles. The van der Waals surface area contributed by atoms with Crippen molar-refractivity contribution in [3.05, 3.63) is 71.3 Å². The number of hydrogen-bond donors (Lipinski definition) is 1. The van der Waals surface area contributed by atoms with Gasteiger partial charge in [0.05, 0.1) is 34.3 Å². The molecule has 0 spiro atoms. The Bertz CT molecular complexity index is 1320. The first kappa shape index (κ1) is 23.8. The minimum absolute atomic E-state index is 0.00840. The largest absolute Gasteiger partial charge is 0.452 e. The van der Waals surface area contributed by atoms with Crippen molar-refractivity contribution in [3.8, 4) is 0 Å². The second kappa shape index (κ2) is 8.61. The molecule has 2 fully saturated rings. The molecule has 1 N–H and O–H groups in total. The molecule has 2 aliphatic carbocycles. The highest BCUT2D eigenvalue weighted by Crippen LogP contribution is 2.55. The Balaban J connectivity index is 1.25. The number of allylic oxidation sites excluding steroid dienone is 2. The van der Waals surface area contributed by atoms with Gasteiger partial charge in [0.1, 0.15) is 0 Å². The number of halogens is 3. The summed E-state index contributed by atoms with van der Waals surface area (Å²) in [5.41, 5.74) is -0.137. The monoisotopic (exact) mass is 498 g/mol. The fourth-order valence-corrected chi connectivity index (χ4v) is 5.54. The molecule has 0 unspecified atom stereocenters. The van der Waals surface area contributed by atoms with Crippen molar-refractivity contribution in [2.75, 3.05) is 16.8 Å². The molecule has 1 heterocycles. The molecular formula is C26H21F3N2O5. The predicted molar refractivity (Wildman–Crippen MR) is 122 cm³/mol. The molecule has 2 bridgehead atoms. The molecule has 2 aromatic carbocycles. The highest BCUT2D eigenvalue weighted by Gasteiger charge is 2.60. The zero-order chi connectivity index (χ0) is 25.8. The van der Waals surface area contributed by atoms with Gasteiger partial charge < -0.3 is 10.1 Å². The standard InChI is InChI=1S/C26H21F3N2O5/c1-13-9-15-11-17(13)22-21(15)23(33)31(24(22)34)16-6-4-5-14(10-16)25(35)36-12-20(32)30-19-8-3-2-7-18(19)26(27,28)29/h2-10,15,17,21-22H,11-12H2,1H3,(H,30,32)/t15-,17+,21+,22-/m0/s1. The third-order valence-corrected chi connectivity index (χ3v) is 7.06. The summed E-state index contributed by atoms with van der Waals surface area (Å²) in [6.07, 6.45) is -1.81. The van der Waals surface area contributed by atoms with Gasteiger partial charge in [-0.3, -0.25) is 14.4 Å². The van der Waals surface area contributed by atoms with Crippen LogP contribution in [0.2, 0.25) is 0 Å². The quantitative estimate of drug-likeness (QED) is 0.379. The zero-order valence-electron chi connectivity index (χ0n) is 19.0. The van der Waals surface area contributed by atoms with Crippen LogP contribution in [0.15, 0.2) is 60.2 Å². The Morgan fingerprint density at radius 2 is 1.78 bits per heavy atom. The average Bonchev–Trinajstić information content (AvgIpc) is 3.47. The van der Waals surface area contributed by atoms with Crippen LogP contribution in [0.4, 0.5) is 24.5 Å². The number of carbonyl (C=O) groups is 4.